The third kappa shape index (κ3) is 3.23. The summed E-state index contributed by atoms with van der Waals surface area (Å²) in [5.41, 5.74) is 0. The second kappa shape index (κ2) is 6.81. The Balaban J connectivity index is 1.56. The summed E-state index contributed by atoms with van der Waals surface area (Å²) in [4.78, 5) is 27.2. The van der Waals surface area contributed by atoms with E-state index in [-0.39, 0.29) is 6.03 Å². The maximum absolute atomic E-state index is 12.5. The lowest BCUT2D eigenvalue weighted by Gasteiger charge is -2.38. The molecular formula is C15H23N5O2. The topological polar surface area (TPSA) is 61.8 Å². The van der Waals surface area contributed by atoms with Gasteiger partial charge in [-0.15, -0.1) is 0 Å². The quantitative estimate of drug-likeness (QED) is 0.822. The van der Waals surface area contributed by atoms with Crippen molar-refractivity contribution >= 4 is 12.0 Å². The number of piperazine rings is 1. The molecule has 0 aliphatic carbocycles. The van der Waals surface area contributed by atoms with E-state index in [9.17, 15) is 4.79 Å². The number of piperidine rings is 1. The minimum Gasteiger partial charge on any atom is -0.481 e. The number of likely N-dealkylation sites (tertiary alicyclic amines) is 1. The third-order valence-electron chi connectivity index (χ3n) is 4.29. The van der Waals surface area contributed by atoms with Crippen LogP contribution < -0.4 is 9.64 Å². The Labute approximate surface area is 130 Å². The lowest BCUT2D eigenvalue weighted by atomic mass is 10.1. The fourth-order valence-corrected chi connectivity index (χ4v) is 2.98. The summed E-state index contributed by atoms with van der Waals surface area (Å²) in [5, 5.41) is 0. The molecule has 7 heteroatoms. The Morgan fingerprint density at radius 2 is 1.73 bits per heavy atom. The molecule has 7 nitrogen and oxygen atoms in total. The van der Waals surface area contributed by atoms with E-state index in [2.05, 4.69) is 14.9 Å². The second-order valence-electron chi connectivity index (χ2n) is 5.70. The highest BCUT2D eigenvalue weighted by atomic mass is 16.5. The van der Waals surface area contributed by atoms with Crippen molar-refractivity contribution < 1.29 is 9.53 Å². The van der Waals surface area contributed by atoms with E-state index < -0.39 is 0 Å². The molecule has 3 rings (SSSR count). The molecule has 2 aliphatic heterocycles. The monoisotopic (exact) mass is 305 g/mol. The summed E-state index contributed by atoms with van der Waals surface area (Å²) >= 11 is 0. The van der Waals surface area contributed by atoms with Gasteiger partial charge in [-0.2, -0.15) is 4.98 Å². The van der Waals surface area contributed by atoms with E-state index in [0.717, 1.165) is 52.1 Å². The lowest BCUT2D eigenvalue weighted by Crippen LogP contribution is -2.54. The molecule has 0 spiro atoms. The first-order valence-electron chi connectivity index (χ1n) is 7.94. The van der Waals surface area contributed by atoms with Crippen molar-refractivity contribution in [3.05, 3.63) is 12.3 Å². The SMILES string of the molecule is COc1ccnc(N2CCN(C(=O)N3CCCCC3)CC2)n1. The number of hydrogen-bond acceptors (Lipinski definition) is 5. The molecule has 2 amide bonds. The van der Waals surface area contributed by atoms with Gasteiger partial charge in [-0.25, -0.2) is 9.78 Å². The van der Waals surface area contributed by atoms with E-state index in [1.165, 1.54) is 6.42 Å². The van der Waals surface area contributed by atoms with E-state index in [4.69, 9.17) is 4.74 Å². The molecule has 0 unspecified atom stereocenters. The van der Waals surface area contributed by atoms with Crippen molar-refractivity contribution in [1.82, 2.24) is 19.8 Å². The van der Waals surface area contributed by atoms with E-state index in [1.54, 1.807) is 19.4 Å². The lowest BCUT2D eigenvalue weighted by molar-refractivity contribution is 0.141. The average molecular weight is 305 g/mol. The number of aromatic nitrogens is 2. The van der Waals surface area contributed by atoms with E-state index in [1.807, 2.05) is 9.80 Å². The molecular weight excluding hydrogens is 282 g/mol. The minimum atomic E-state index is 0.186. The Morgan fingerprint density at radius 1 is 1.05 bits per heavy atom. The Hall–Kier alpha value is -2.05. The summed E-state index contributed by atoms with van der Waals surface area (Å²) < 4.78 is 5.14. The van der Waals surface area contributed by atoms with Gasteiger partial charge in [0.1, 0.15) is 0 Å². The van der Waals surface area contributed by atoms with Crippen LogP contribution in [0.5, 0.6) is 5.88 Å². The van der Waals surface area contributed by atoms with Crippen molar-refractivity contribution in [3.63, 3.8) is 0 Å². The first kappa shape index (κ1) is 14.9. The molecule has 1 aromatic heterocycles. The fourth-order valence-electron chi connectivity index (χ4n) is 2.98. The summed E-state index contributed by atoms with van der Waals surface area (Å²) in [6.45, 7) is 4.75. The van der Waals surface area contributed by atoms with Crippen LogP contribution >= 0.6 is 0 Å². The van der Waals surface area contributed by atoms with Crippen molar-refractivity contribution in [3.8, 4) is 5.88 Å². The van der Waals surface area contributed by atoms with Crippen LogP contribution in [-0.2, 0) is 0 Å². The second-order valence-corrected chi connectivity index (χ2v) is 5.70. The number of methoxy groups -OCH3 is 1. The van der Waals surface area contributed by atoms with Gasteiger partial charge >= 0.3 is 6.03 Å². The highest BCUT2D eigenvalue weighted by Gasteiger charge is 2.26. The summed E-state index contributed by atoms with van der Waals surface area (Å²) in [6, 6.07) is 1.92. The molecule has 1 aromatic rings. The number of urea groups is 1. The normalized spacial score (nSPS) is 19.2. The van der Waals surface area contributed by atoms with Gasteiger partial charge in [-0.05, 0) is 19.3 Å². The van der Waals surface area contributed by atoms with Gasteiger partial charge < -0.3 is 19.4 Å². The zero-order chi connectivity index (χ0) is 15.4. The van der Waals surface area contributed by atoms with Crippen LogP contribution in [0.4, 0.5) is 10.7 Å². The van der Waals surface area contributed by atoms with Gasteiger partial charge in [0.15, 0.2) is 0 Å². The van der Waals surface area contributed by atoms with E-state index in [0.29, 0.717) is 11.8 Å². The number of rotatable bonds is 2. The van der Waals surface area contributed by atoms with Gasteiger partial charge in [0.2, 0.25) is 11.8 Å². The summed E-state index contributed by atoms with van der Waals surface area (Å²) in [7, 11) is 1.60. The molecule has 0 aromatic carbocycles. The minimum absolute atomic E-state index is 0.186. The van der Waals surface area contributed by atoms with Gasteiger partial charge in [-0.1, -0.05) is 0 Å². The highest BCUT2D eigenvalue weighted by molar-refractivity contribution is 5.74. The third-order valence-corrected chi connectivity index (χ3v) is 4.29. The number of carbonyl (C=O) groups excluding carboxylic acids is 1. The van der Waals surface area contributed by atoms with Crippen molar-refractivity contribution in [2.45, 2.75) is 19.3 Å². The molecule has 22 heavy (non-hydrogen) atoms. The zero-order valence-electron chi connectivity index (χ0n) is 13.1. The molecule has 0 N–H and O–H groups in total. The predicted octanol–water partition coefficient (Wildman–Crippen LogP) is 1.21. The van der Waals surface area contributed by atoms with Gasteiger partial charge in [-0.3, -0.25) is 0 Å². The van der Waals surface area contributed by atoms with Crippen LogP contribution in [0.25, 0.3) is 0 Å². The Kier molecular flexibility index (Phi) is 4.60. The van der Waals surface area contributed by atoms with Crippen molar-refractivity contribution in [2.24, 2.45) is 0 Å². The van der Waals surface area contributed by atoms with E-state index >= 15 is 0 Å². The van der Waals surface area contributed by atoms with Crippen molar-refractivity contribution in [2.75, 3.05) is 51.3 Å². The zero-order valence-corrected chi connectivity index (χ0v) is 13.1. The van der Waals surface area contributed by atoms with Crippen molar-refractivity contribution in [1.29, 1.82) is 0 Å². The van der Waals surface area contributed by atoms with Gasteiger partial charge in [0.05, 0.1) is 7.11 Å². The number of amides is 2. The molecule has 3 heterocycles. The molecule has 2 aliphatic rings. The van der Waals surface area contributed by atoms with Crippen LogP contribution in [0.2, 0.25) is 0 Å². The summed E-state index contributed by atoms with van der Waals surface area (Å²) in [6.07, 6.45) is 5.20. The Bertz CT molecular complexity index is 510. The molecule has 120 valence electrons. The predicted molar refractivity (Wildman–Crippen MR) is 83.2 cm³/mol. The Morgan fingerprint density at radius 3 is 2.41 bits per heavy atom. The fraction of sp³-hybridized carbons (Fsp3) is 0.667. The smallest absolute Gasteiger partial charge is 0.320 e. The molecule has 0 bridgehead atoms. The maximum Gasteiger partial charge on any atom is 0.320 e. The molecule has 2 saturated heterocycles. The van der Waals surface area contributed by atoms with Crippen LogP contribution in [0, 0.1) is 0 Å². The molecule has 0 radical (unpaired) electrons. The number of carbonyl (C=O) groups is 1. The largest absolute Gasteiger partial charge is 0.481 e. The van der Waals surface area contributed by atoms with Gasteiger partial charge in [0, 0.05) is 51.5 Å². The van der Waals surface area contributed by atoms with Gasteiger partial charge in [0.25, 0.3) is 0 Å². The molecule has 0 saturated carbocycles. The highest BCUT2D eigenvalue weighted by Crippen LogP contribution is 2.16. The number of ether oxygens (including phenoxy) is 1. The first-order valence-corrected chi connectivity index (χ1v) is 7.94. The number of hydrogen-bond donors (Lipinski definition) is 0. The molecule has 2 fully saturated rings. The number of nitrogens with zero attached hydrogens (tertiary/aromatic N) is 5. The van der Waals surface area contributed by atoms with Crippen LogP contribution in [-0.4, -0.2) is 72.2 Å². The average Bonchev–Trinajstić information content (AvgIpc) is 2.62. The molecule has 0 atom stereocenters. The van der Waals surface area contributed by atoms with Crippen LogP contribution in [0.1, 0.15) is 19.3 Å². The standard InChI is InChI=1S/C15H23N5O2/c1-22-13-5-6-16-14(17-13)18-9-11-20(12-10-18)15(21)19-7-3-2-4-8-19/h5-6H,2-4,7-12H2,1H3. The maximum atomic E-state index is 12.5. The van der Waals surface area contributed by atoms with Crippen LogP contribution in [0.3, 0.4) is 0 Å². The number of anilines is 1. The van der Waals surface area contributed by atoms with Crippen LogP contribution in [0.15, 0.2) is 12.3 Å². The first-order chi connectivity index (χ1) is 10.8. The summed E-state index contributed by atoms with van der Waals surface area (Å²) in [5.74, 6) is 1.24.